The fourth-order valence-corrected chi connectivity index (χ4v) is 2.89. The highest BCUT2D eigenvalue weighted by atomic mass is 16.5. The Bertz CT molecular complexity index is 453. The molecule has 1 aliphatic heterocycles. The molecule has 20 heavy (non-hydrogen) atoms. The molecule has 1 aromatic carbocycles. The molecular weight excluding hydrogens is 248 g/mol. The second-order valence-corrected chi connectivity index (χ2v) is 5.59. The Hall–Kier alpha value is -1.53. The zero-order chi connectivity index (χ0) is 14.2. The normalized spacial score (nSPS) is 18.9. The molecule has 0 aliphatic carbocycles. The summed E-state index contributed by atoms with van der Waals surface area (Å²) in [5.74, 6) is 1.71. The first-order chi connectivity index (χ1) is 9.81. The molecule has 0 aromatic heterocycles. The summed E-state index contributed by atoms with van der Waals surface area (Å²) in [4.78, 5) is 2.55. The van der Waals surface area contributed by atoms with Gasteiger partial charge in [-0.2, -0.15) is 5.26 Å². The summed E-state index contributed by atoms with van der Waals surface area (Å²) in [6, 6.07) is 9.50. The van der Waals surface area contributed by atoms with Gasteiger partial charge in [0.2, 0.25) is 0 Å². The third-order valence-electron chi connectivity index (χ3n) is 3.92. The van der Waals surface area contributed by atoms with Crippen LogP contribution >= 0.6 is 0 Å². The first-order valence-corrected chi connectivity index (χ1v) is 7.67. The van der Waals surface area contributed by atoms with Crippen LogP contribution in [0.3, 0.4) is 0 Å². The second kappa shape index (κ2) is 7.91. The molecule has 2 rings (SSSR count). The van der Waals surface area contributed by atoms with E-state index in [0.717, 1.165) is 31.2 Å². The minimum absolute atomic E-state index is 0.657. The first kappa shape index (κ1) is 14.9. The Kier molecular flexibility index (Phi) is 5.88. The van der Waals surface area contributed by atoms with Gasteiger partial charge in [0.05, 0.1) is 18.2 Å². The summed E-state index contributed by atoms with van der Waals surface area (Å²) in [5, 5.41) is 8.83. The largest absolute Gasteiger partial charge is 0.494 e. The maximum absolute atomic E-state index is 8.83. The molecule has 3 heteroatoms. The van der Waals surface area contributed by atoms with E-state index < -0.39 is 0 Å². The zero-order valence-electron chi connectivity index (χ0n) is 12.3. The lowest BCUT2D eigenvalue weighted by Gasteiger charge is -2.16. The summed E-state index contributed by atoms with van der Waals surface area (Å²) in [5.41, 5.74) is 0.657. The smallest absolute Gasteiger partial charge is 0.120 e. The van der Waals surface area contributed by atoms with Crippen molar-refractivity contribution in [2.24, 2.45) is 5.92 Å². The molecule has 0 bridgehead atoms. The topological polar surface area (TPSA) is 36.3 Å². The molecule has 0 spiro atoms. The zero-order valence-corrected chi connectivity index (χ0v) is 12.3. The van der Waals surface area contributed by atoms with Gasteiger partial charge in [0.25, 0.3) is 0 Å². The molecule has 1 atom stereocenters. The monoisotopic (exact) mass is 272 g/mol. The number of ether oxygens (including phenoxy) is 1. The van der Waals surface area contributed by atoms with Gasteiger partial charge in [0.15, 0.2) is 0 Å². The lowest BCUT2D eigenvalue weighted by molar-refractivity contribution is 0.257. The Balaban J connectivity index is 1.63. The van der Waals surface area contributed by atoms with Gasteiger partial charge in [-0.25, -0.2) is 0 Å². The molecule has 1 fully saturated rings. The average molecular weight is 272 g/mol. The van der Waals surface area contributed by atoms with Gasteiger partial charge in [-0.3, -0.25) is 0 Å². The van der Waals surface area contributed by atoms with Crippen molar-refractivity contribution in [3.8, 4) is 11.8 Å². The van der Waals surface area contributed by atoms with Crippen LogP contribution in [0.1, 0.15) is 38.2 Å². The van der Waals surface area contributed by atoms with Crippen LogP contribution < -0.4 is 4.74 Å². The van der Waals surface area contributed by atoms with Crippen molar-refractivity contribution in [2.75, 3.05) is 26.2 Å². The van der Waals surface area contributed by atoms with Crippen molar-refractivity contribution in [1.29, 1.82) is 5.26 Å². The predicted octanol–water partition coefficient (Wildman–Crippen LogP) is 3.45. The van der Waals surface area contributed by atoms with E-state index in [1.807, 2.05) is 12.1 Å². The lowest BCUT2D eigenvalue weighted by atomic mass is 10.0. The molecule has 1 unspecified atom stereocenters. The van der Waals surface area contributed by atoms with Crippen LogP contribution in [0.15, 0.2) is 24.3 Å². The van der Waals surface area contributed by atoms with E-state index in [9.17, 15) is 0 Å². The van der Waals surface area contributed by atoms with Crippen molar-refractivity contribution in [2.45, 2.75) is 32.6 Å². The third-order valence-corrected chi connectivity index (χ3v) is 3.92. The fourth-order valence-electron chi connectivity index (χ4n) is 2.89. The van der Waals surface area contributed by atoms with Crippen molar-refractivity contribution in [3.63, 3.8) is 0 Å². The minimum atomic E-state index is 0.657. The Morgan fingerprint density at radius 3 is 3.15 bits per heavy atom. The summed E-state index contributed by atoms with van der Waals surface area (Å²) >= 11 is 0. The summed E-state index contributed by atoms with van der Waals surface area (Å²) in [6.45, 7) is 6.63. The van der Waals surface area contributed by atoms with Crippen molar-refractivity contribution >= 4 is 0 Å². The minimum Gasteiger partial charge on any atom is -0.494 e. The molecule has 0 radical (unpaired) electrons. The van der Waals surface area contributed by atoms with Crippen LogP contribution in [0.4, 0.5) is 0 Å². The van der Waals surface area contributed by atoms with Gasteiger partial charge >= 0.3 is 0 Å². The SMILES string of the molecule is CCCC1CCN(CCCOc2cccc(C#N)c2)C1. The number of hydrogen-bond acceptors (Lipinski definition) is 3. The molecule has 3 nitrogen and oxygen atoms in total. The van der Waals surface area contributed by atoms with E-state index in [4.69, 9.17) is 10.00 Å². The summed E-state index contributed by atoms with van der Waals surface area (Å²) in [6.07, 6.45) is 5.08. The van der Waals surface area contributed by atoms with Crippen molar-refractivity contribution in [1.82, 2.24) is 4.90 Å². The van der Waals surface area contributed by atoms with E-state index in [2.05, 4.69) is 17.9 Å². The van der Waals surface area contributed by atoms with Crippen molar-refractivity contribution < 1.29 is 4.74 Å². The maximum atomic E-state index is 8.83. The van der Waals surface area contributed by atoms with E-state index >= 15 is 0 Å². The molecule has 0 amide bonds. The van der Waals surface area contributed by atoms with Gasteiger partial charge in [0.1, 0.15) is 5.75 Å². The van der Waals surface area contributed by atoms with Gasteiger partial charge in [-0.15, -0.1) is 0 Å². The van der Waals surface area contributed by atoms with Crippen LogP contribution in [0.2, 0.25) is 0 Å². The van der Waals surface area contributed by atoms with E-state index in [1.165, 1.54) is 32.4 Å². The van der Waals surface area contributed by atoms with Gasteiger partial charge in [-0.1, -0.05) is 19.4 Å². The standard InChI is InChI=1S/C17H24N2O/c1-2-5-15-8-10-19(14-15)9-4-11-20-17-7-3-6-16(12-17)13-18/h3,6-7,12,15H,2,4-5,8-11,14H2,1H3. The molecule has 0 N–H and O–H groups in total. The highest BCUT2D eigenvalue weighted by Crippen LogP contribution is 2.20. The molecule has 1 aromatic rings. The molecule has 1 saturated heterocycles. The third kappa shape index (κ3) is 4.54. The fraction of sp³-hybridized carbons (Fsp3) is 0.588. The Morgan fingerprint density at radius 1 is 1.45 bits per heavy atom. The van der Waals surface area contributed by atoms with Crippen molar-refractivity contribution in [3.05, 3.63) is 29.8 Å². The van der Waals surface area contributed by atoms with E-state index in [-0.39, 0.29) is 0 Å². The Morgan fingerprint density at radius 2 is 2.35 bits per heavy atom. The quantitative estimate of drug-likeness (QED) is 0.713. The van der Waals surface area contributed by atoms with Gasteiger partial charge in [-0.05, 0) is 49.9 Å². The van der Waals surface area contributed by atoms with E-state index in [1.54, 1.807) is 12.1 Å². The molecule has 108 valence electrons. The predicted molar refractivity (Wildman–Crippen MR) is 80.7 cm³/mol. The number of rotatable bonds is 7. The van der Waals surface area contributed by atoms with Crippen LogP contribution in [0.25, 0.3) is 0 Å². The van der Waals surface area contributed by atoms with Gasteiger partial charge in [0, 0.05) is 13.1 Å². The summed E-state index contributed by atoms with van der Waals surface area (Å²) < 4.78 is 5.70. The molecule has 0 saturated carbocycles. The summed E-state index contributed by atoms with van der Waals surface area (Å²) in [7, 11) is 0. The van der Waals surface area contributed by atoms with Crippen LogP contribution in [-0.2, 0) is 0 Å². The lowest BCUT2D eigenvalue weighted by Crippen LogP contribution is -2.23. The number of nitrogens with zero attached hydrogens (tertiary/aromatic N) is 2. The Labute approximate surface area is 122 Å². The van der Waals surface area contributed by atoms with E-state index in [0.29, 0.717) is 5.56 Å². The highest BCUT2D eigenvalue weighted by molar-refractivity contribution is 5.36. The number of hydrogen-bond donors (Lipinski definition) is 0. The first-order valence-electron chi connectivity index (χ1n) is 7.67. The molecular formula is C17H24N2O. The van der Waals surface area contributed by atoms with Crippen LogP contribution in [-0.4, -0.2) is 31.1 Å². The molecule has 1 heterocycles. The number of benzene rings is 1. The van der Waals surface area contributed by atoms with Crippen LogP contribution in [0.5, 0.6) is 5.75 Å². The average Bonchev–Trinajstić information content (AvgIpc) is 2.92. The van der Waals surface area contributed by atoms with Crippen LogP contribution in [0, 0.1) is 17.2 Å². The van der Waals surface area contributed by atoms with Gasteiger partial charge < -0.3 is 9.64 Å². The number of likely N-dealkylation sites (tertiary alicyclic amines) is 1. The molecule has 1 aliphatic rings. The number of nitriles is 1. The highest BCUT2D eigenvalue weighted by Gasteiger charge is 2.20. The maximum Gasteiger partial charge on any atom is 0.120 e. The second-order valence-electron chi connectivity index (χ2n) is 5.59.